The van der Waals surface area contributed by atoms with E-state index in [0.717, 1.165) is 17.0 Å². The van der Waals surface area contributed by atoms with Gasteiger partial charge in [0.15, 0.2) is 0 Å². The van der Waals surface area contributed by atoms with Crippen molar-refractivity contribution < 1.29 is 14.3 Å². The van der Waals surface area contributed by atoms with Crippen LogP contribution in [0.3, 0.4) is 0 Å². The minimum Gasteiger partial charge on any atom is -0.496 e. The molecule has 0 aliphatic rings. The van der Waals surface area contributed by atoms with E-state index in [2.05, 4.69) is 5.32 Å². The Hall–Kier alpha value is -2.49. The molecule has 4 nitrogen and oxygen atoms in total. The first-order chi connectivity index (χ1) is 9.69. The second-order valence-electron chi connectivity index (χ2n) is 4.28. The number of carbonyl (C=O) groups excluding carboxylic acids is 1. The minimum atomic E-state index is -0.320. The molecular formula is C16H17NO3. The van der Waals surface area contributed by atoms with Gasteiger partial charge in [-0.15, -0.1) is 0 Å². The van der Waals surface area contributed by atoms with Gasteiger partial charge in [0.2, 0.25) is 0 Å². The standard InChI is InChI=1S/C16H17NO3/c1-12(18)20-15-9-7-14(8-10-15)17-11-13-5-3-4-6-16(13)19-2/h3-10,17H,11H2,1-2H3. The molecule has 0 unspecified atom stereocenters. The maximum atomic E-state index is 10.8. The van der Waals surface area contributed by atoms with Gasteiger partial charge in [-0.3, -0.25) is 4.79 Å². The van der Waals surface area contributed by atoms with Gasteiger partial charge in [0.25, 0.3) is 0 Å². The third-order valence-corrected chi connectivity index (χ3v) is 2.79. The van der Waals surface area contributed by atoms with Crippen molar-refractivity contribution in [3.63, 3.8) is 0 Å². The molecule has 0 amide bonds. The van der Waals surface area contributed by atoms with Crippen LogP contribution in [-0.2, 0) is 11.3 Å². The maximum Gasteiger partial charge on any atom is 0.308 e. The lowest BCUT2D eigenvalue weighted by atomic mass is 10.2. The lowest BCUT2D eigenvalue weighted by molar-refractivity contribution is -0.131. The molecule has 0 fully saturated rings. The van der Waals surface area contributed by atoms with E-state index in [1.54, 1.807) is 19.2 Å². The quantitative estimate of drug-likeness (QED) is 0.670. The molecule has 0 atom stereocenters. The van der Waals surface area contributed by atoms with Gasteiger partial charge in [-0.05, 0) is 30.3 Å². The number of hydrogen-bond acceptors (Lipinski definition) is 4. The van der Waals surface area contributed by atoms with Crippen LogP contribution in [0.4, 0.5) is 5.69 Å². The van der Waals surface area contributed by atoms with Crippen molar-refractivity contribution >= 4 is 11.7 Å². The average Bonchev–Trinajstić information content (AvgIpc) is 2.46. The van der Waals surface area contributed by atoms with E-state index >= 15 is 0 Å². The topological polar surface area (TPSA) is 47.6 Å². The number of hydrogen-bond donors (Lipinski definition) is 1. The number of anilines is 1. The molecule has 0 saturated carbocycles. The molecule has 1 N–H and O–H groups in total. The fourth-order valence-electron chi connectivity index (χ4n) is 1.85. The summed E-state index contributed by atoms with van der Waals surface area (Å²) in [5, 5.41) is 3.30. The molecule has 0 aromatic heterocycles. The first-order valence-corrected chi connectivity index (χ1v) is 6.33. The maximum absolute atomic E-state index is 10.8. The molecule has 0 aliphatic carbocycles. The van der Waals surface area contributed by atoms with E-state index in [1.165, 1.54) is 6.92 Å². The van der Waals surface area contributed by atoms with Crippen molar-refractivity contribution in [1.29, 1.82) is 0 Å². The third kappa shape index (κ3) is 3.75. The van der Waals surface area contributed by atoms with E-state index in [9.17, 15) is 4.79 Å². The Morgan fingerprint density at radius 2 is 1.80 bits per heavy atom. The van der Waals surface area contributed by atoms with Gasteiger partial charge < -0.3 is 14.8 Å². The number of rotatable bonds is 5. The van der Waals surface area contributed by atoms with Crippen LogP contribution >= 0.6 is 0 Å². The van der Waals surface area contributed by atoms with E-state index in [1.807, 2.05) is 36.4 Å². The largest absolute Gasteiger partial charge is 0.496 e. The lowest BCUT2D eigenvalue weighted by Gasteiger charge is -2.10. The van der Waals surface area contributed by atoms with E-state index in [0.29, 0.717) is 12.3 Å². The Kier molecular flexibility index (Phi) is 4.60. The molecule has 0 spiro atoms. The Balaban J connectivity index is 1.98. The highest BCUT2D eigenvalue weighted by molar-refractivity contribution is 5.69. The van der Waals surface area contributed by atoms with Gasteiger partial charge in [-0.1, -0.05) is 18.2 Å². The molecular weight excluding hydrogens is 254 g/mol. The van der Waals surface area contributed by atoms with Crippen LogP contribution in [0.2, 0.25) is 0 Å². The summed E-state index contributed by atoms with van der Waals surface area (Å²) in [6.45, 7) is 2.05. The van der Waals surface area contributed by atoms with Crippen LogP contribution in [0.5, 0.6) is 11.5 Å². The molecule has 2 aromatic rings. The number of carbonyl (C=O) groups is 1. The molecule has 0 radical (unpaired) electrons. The zero-order valence-corrected chi connectivity index (χ0v) is 11.6. The number of ether oxygens (including phenoxy) is 2. The van der Waals surface area contributed by atoms with Crippen LogP contribution < -0.4 is 14.8 Å². The molecule has 2 rings (SSSR count). The Labute approximate surface area is 118 Å². The van der Waals surface area contributed by atoms with Gasteiger partial charge in [0, 0.05) is 24.7 Å². The van der Waals surface area contributed by atoms with Crippen molar-refractivity contribution in [3.8, 4) is 11.5 Å². The van der Waals surface area contributed by atoms with Crippen LogP contribution in [-0.4, -0.2) is 13.1 Å². The summed E-state index contributed by atoms with van der Waals surface area (Å²) in [6.07, 6.45) is 0. The summed E-state index contributed by atoms with van der Waals surface area (Å²) in [5.74, 6) is 1.08. The number of para-hydroxylation sites is 1. The van der Waals surface area contributed by atoms with E-state index < -0.39 is 0 Å². The van der Waals surface area contributed by atoms with Crippen LogP contribution in [0.15, 0.2) is 48.5 Å². The van der Waals surface area contributed by atoms with Crippen molar-refractivity contribution in [1.82, 2.24) is 0 Å². The summed E-state index contributed by atoms with van der Waals surface area (Å²) in [6, 6.07) is 15.1. The van der Waals surface area contributed by atoms with Crippen LogP contribution in [0.25, 0.3) is 0 Å². The highest BCUT2D eigenvalue weighted by Crippen LogP contribution is 2.20. The molecule has 0 aliphatic heterocycles. The first kappa shape index (κ1) is 13.9. The normalized spacial score (nSPS) is 9.90. The number of benzene rings is 2. The monoisotopic (exact) mass is 271 g/mol. The smallest absolute Gasteiger partial charge is 0.308 e. The number of nitrogens with one attached hydrogen (secondary N) is 1. The van der Waals surface area contributed by atoms with Crippen LogP contribution in [0, 0.1) is 0 Å². The van der Waals surface area contributed by atoms with Crippen molar-refractivity contribution in [2.24, 2.45) is 0 Å². The lowest BCUT2D eigenvalue weighted by Crippen LogP contribution is -2.03. The average molecular weight is 271 g/mol. The highest BCUT2D eigenvalue weighted by atomic mass is 16.5. The molecule has 0 heterocycles. The first-order valence-electron chi connectivity index (χ1n) is 6.33. The Bertz CT molecular complexity index is 579. The SMILES string of the molecule is COc1ccccc1CNc1ccc(OC(C)=O)cc1. The second-order valence-corrected chi connectivity index (χ2v) is 4.28. The molecule has 0 saturated heterocycles. The summed E-state index contributed by atoms with van der Waals surface area (Å²) >= 11 is 0. The fraction of sp³-hybridized carbons (Fsp3) is 0.188. The fourth-order valence-corrected chi connectivity index (χ4v) is 1.85. The van der Waals surface area contributed by atoms with Gasteiger partial charge in [0.05, 0.1) is 7.11 Å². The predicted octanol–water partition coefficient (Wildman–Crippen LogP) is 3.23. The summed E-state index contributed by atoms with van der Waals surface area (Å²) < 4.78 is 10.3. The zero-order valence-electron chi connectivity index (χ0n) is 11.6. The molecule has 0 bridgehead atoms. The third-order valence-electron chi connectivity index (χ3n) is 2.79. The Morgan fingerprint density at radius 1 is 1.10 bits per heavy atom. The van der Waals surface area contributed by atoms with E-state index in [4.69, 9.17) is 9.47 Å². The Morgan fingerprint density at radius 3 is 2.45 bits per heavy atom. The summed E-state index contributed by atoms with van der Waals surface area (Å²) in [5.41, 5.74) is 2.03. The zero-order chi connectivity index (χ0) is 14.4. The second kappa shape index (κ2) is 6.61. The molecule has 104 valence electrons. The summed E-state index contributed by atoms with van der Waals surface area (Å²) in [4.78, 5) is 10.8. The van der Waals surface area contributed by atoms with Crippen molar-refractivity contribution in [2.75, 3.05) is 12.4 Å². The molecule has 4 heteroatoms. The summed E-state index contributed by atoms with van der Waals surface area (Å²) in [7, 11) is 1.66. The number of methoxy groups -OCH3 is 1. The minimum absolute atomic E-state index is 0.320. The van der Waals surface area contributed by atoms with Gasteiger partial charge in [0.1, 0.15) is 11.5 Å². The molecule has 20 heavy (non-hydrogen) atoms. The van der Waals surface area contributed by atoms with Crippen molar-refractivity contribution in [3.05, 3.63) is 54.1 Å². The van der Waals surface area contributed by atoms with Crippen LogP contribution in [0.1, 0.15) is 12.5 Å². The molecule has 2 aromatic carbocycles. The van der Waals surface area contributed by atoms with Gasteiger partial charge in [-0.2, -0.15) is 0 Å². The highest BCUT2D eigenvalue weighted by Gasteiger charge is 2.02. The predicted molar refractivity (Wildman–Crippen MR) is 78.1 cm³/mol. The van der Waals surface area contributed by atoms with Crippen molar-refractivity contribution in [2.45, 2.75) is 13.5 Å². The van der Waals surface area contributed by atoms with Gasteiger partial charge in [-0.25, -0.2) is 0 Å². The van der Waals surface area contributed by atoms with Gasteiger partial charge >= 0.3 is 5.97 Å². The number of esters is 1. The van der Waals surface area contributed by atoms with E-state index in [-0.39, 0.29) is 5.97 Å².